The van der Waals surface area contributed by atoms with Gasteiger partial charge in [0.15, 0.2) is 0 Å². The van der Waals surface area contributed by atoms with Crippen molar-refractivity contribution >= 4 is 0 Å². The van der Waals surface area contributed by atoms with Crippen molar-refractivity contribution in [2.75, 3.05) is 13.6 Å². The number of nitrogens with one attached hydrogen (secondary N) is 1. The van der Waals surface area contributed by atoms with Crippen LogP contribution in [0.15, 0.2) is 11.6 Å². The molecule has 1 atom stereocenters. The summed E-state index contributed by atoms with van der Waals surface area (Å²) in [4.78, 5) is 0. The predicted molar refractivity (Wildman–Crippen MR) is 51.8 cm³/mol. The Bertz CT molecular complexity index is 116. The van der Waals surface area contributed by atoms with E-state index in [1.54, 1.807) is 0 Å². The van der Waals surface area contributed by atoms with Gasteiger partial charge in [0.05, 0.1) is 0 Å². The molecule has 0 aliphatic heterocycles. The van der Waals surface area contributed by atoms with Crippen molar-refractivity contribution in [2.24, 2.45) is 5.92 Å². The third-order valence-electron chi connectivity index (χ3n) is 2.33. The van der Waals surface area contributed by atoms with Gasteiger partial charge in [0.25, 0.3) is 0 Å². The Hall–Kier alpha value is -0.300. The van der Waals surface area contributed by atoms with Crippen molar-refractivity contribution < 1.29 is 0 Å². The minimum absolute atomic E-state index is 0.785. The van der Waals surface area contributed by atoms with E-state index in [0.29, 0.717) is 0 Å². The summed E-state index contributed by atoms with van der Waals surface area (Å²) in [5.41, 5.74) is 1.53. The molecule has 11 heavy (non-hydrogen) atoms. The standard InChI is InChI=1S/C10H21N/c1-5-9(3)10(6-2)7-8-11-4/h5,10-11H,6-8H2,1-4H3/b9-5+. The molecule has 66 valence electrons. The second-order valence-corrected chi connectivity index (χ2v) is 3.03. The van der Waals surface area contributed by atoms with E-state index in [4.69, 9.17) is 0 Å². The van der Waals surface area contributed by atoms with Crippen molar-refractivity contribution in [1.82, 2.24) is 5.32 Å². The van der Waals surface area contributed by atoms with Crippen LogP contribution in [0.4, 0.5) is 0 Å². The Morgan fingerprint density at radius 3 is 2.55 bits per heavy atom. The molecule has 0 aromatic heterocycles. The highest BCUT2D eigenvalue weighted by molar-refractivity contribution is 5.01. The zero-order valence-electron chi connectivity index (χ0n) is 8.28. The van der Waals surface area contributed by atoms with Gasteiger partial charge in [0, 0.05) is 0 Å². The van der Waals surface area contributed by atoms with Crippen molar-refractivity contribution in [1.29, 1.82) is 0 Å². The summed E-state index contributed by atoms with van der Waals surface area (Å²) in [6.07, 6.45) is 4.75. The molecule has 0 fully saturated rings. The van der Waals surface area contributed by atoms with E-state index < -0.39 is 0 Å². The Morgan fingerprint density at radius 1 is 1.55 bits per heavy atom. The monoisotopic (exact) mass is 155 g/mol. The van der Waals surface area contributed by atoms with Crippen LogP contribution in [0, 0.1) is 5.92 Å². The molecule has 1 N–H and O–H groups in total. The largest absolute Gasteiger partial charge is 0.320 e. The minimum atomic E-state index is 0.785. The molecule has 0 aliphatic rings. The fourth-order valence-electron chi connectivity index (χ4n) is 1.31. The van der Waals surface area contributed by atoms with Gasteiger partial charge < -0.3 is 5.32 Å². The molecule has 1 nitrogen and oxygen atoms in total. The quantitative estimate of drug-likeness (QED) is 0.602. The van der Waals surface area contributed by atoms with Crippen LogP contribution in [-0.2, 0) is 0 Å². The fourth-order valence-corrected chi connectivity index (χ4v) is 1.31. The van der Waals surface area contributed by atoms with Crippen molar-refractivity contribution in [2.45, 2.75) is 33.6 Å². The SMILES string of the molecule is C/C=C(\C)C(CC)CCNC. The summed E-state index contributed by atoms with van der Waals surface area (Å²) in [6, 6.07) is 0. The minimum Gasteiger partial charge on any atom is -0.320 e. The molecular weight excluding hydrogens is 134 g/mol. The number of hydrogen-bond acceptors (Lipinski definition) is 1. The average Bonchev–Trinajstić information content (AvgIpc) is 2.05. The summed E-state index contributed by atoms with van der Waals surface area (Å²) in [7, 11) is 2.01. The van der Waals surface area contributed by atoms with Gasteiger partial charge in [-0.05, 0) is 46.2 Å². The molecule has 0 saturated carbocycles. The average molecular weight is 155 g/mol. The Labute approximate surface area is 70.9 Å². The molecular formula is C10H21N. The lowest BCUT2D eigenvalue weighted by molar-refractivity contribution is 0.525. The third-order valence-corrected chi connectivity index (χ3v) is 2.33. The summed E-state index contributed by atoms with van der Waals surface area (Å²) in [6.45, 7) is 7.73. The van der Waals surface area contributed by atoms with E-state index in [9.17, 15) is 0 Å². The summed E-state index contributed by atoms with van der Waals surface area (Å²) >= 11 is 0. The first kappa shape index (κ1) is 10.7. The number of hydrogen-bond donors (Lipinski definition) is 1. The first-order valence-electron chi connectivity index (χ1n) is 4.53. The molecule has 0 aromatic carbocycles. The smallest absolute Gasteiger partial charge is 0.00462 e. The van der Waals surface area contributed by atoms with Crippen LogP contribution in [0.3, 0.4) is 0 Å². The van der Waals surface area contributed by atoms with Crippen molar-refractivity contribution in [3.8, 4) is 0 Å². The van der Waals surface area contributed by atoms with E-state index in [1.165, 1.54) is 18.4 Å². The molecule has 0 spiro atoms. The highest BCUT2D eigenvalue weighted by atomic mass is 14.8. The van der Waals surface area contributed by atoms with Gasteiger partial charge >= 0.3 is 0 Å². The highest BCUT2D eigenvalue weighted by Gasteiger charge is 2.05. The Kier molecular flexibility index (Phi) is 6.24. The number of rotatable bonds is 5. The number of allylic oxidation sites excluding steroid dienone is 2. The van der Waals surface area contributed by atoms with E-state index in [1.807, 2.05) is 7.05 Å². The van der Waals surface area contributed by atoms with Gasteiger partial charge in [-0.3, -0.25) is 0 Å². The lowest BCUT2D eigenvalue weighted by Crippen LogP contribution is -2.13. The maximum absolute atomic E-state index is 3.18. The zero-order chi connectivity index (χ0) is 8.69. The van der Waals surface area contributed by atoms with Gasteiger partial charge in [0.1, 0.15) is 0 Å². The van der Waals surface area contributed by atoms with Gasteiger partial charge in [-0.15, -0.1) is 0 Å². The van der Waals surface area contributed by atoms with E-state index >= 15 is 0 Å². The molecule has 1 unspecified atom stereocenters. The molecule has 0 aromatic rings. The van der Waals surface area contributed by atoms with E-state index in [-0.39, 0.29) is 0 Å². The molecule has 0 amide bonds. The molecule has 0 saturated heterocycles. The van der Waals surface area contributed by atoms with Crippen LogP contribution in [0.2, 0.25) is 0 Å². The third kappa shape index (κ3) is 4.20. The molecule has 0 aliphatic carbocycles. The van der Waals surface area contributed by atoms with Crippen LogP contribution in [0.1, 0.15) is 33.6 Å². The van der Waals surface area contributed by atoms with E-state index in [0.717, 1.165) is 12.5 Å². The second-order valence-electron chi connectivity index (χ2n) is 3.03. The predicted octanol–water partition coefficient (Wildman–Crippen LogP) is 2.59. The molecule has 0 bridgehead atoms. The summed E-state index contributed by atoms with van der Waals surface area (Å²) < 4.78 is 0. The normalized spacial score (nSPS) is 15.1. The van der Waals surface area contributed by atoms with Gasteiger partial charge in [-0.2, -0.15) is 0 Å². The lowest BCUT2D eigenvalue weighted by Gasteiger charge is -2.14. The fraction of sp³-hybridized carbons (Fsp3) is 0.800. The molecule has 1 heteroatoms. The van der Waals surface area contributed by atoms with E-state index in [2.05, 4.69) is 32.2 Å². The zero-order valence-corrected chi connectivity index (χ0v) is 8.28. The Morgan fingerprint density at radius 2 is 2.18 bits per heavy atom. The molecule has 0 heterocycles. The summed E-state index contributed by atoms with van der Waals surface area (Å²) in [5.74, 6) is 0.785. The summed E-state index contributed by atoms with van der Waals surface area (Å²) in [5, 5.41) is 3.18. The first-order valence-corrected chi connectivity index (χ1v) is 4.53. The highest BCUT2D eigenvalue weighted by Crippen LogP contribution is 2.17. The first-order chi connectivity index (χ1) is 5.26. The van der Waals surface area contributed by atoms with Crippen LogP contribution >= 0.6 is 0 Å². The molecule has 0 rings (SSSR count). The Balaban J connectivity index is 3.75. The molecule has 0 radical (unpaired) electrons. The second kappa shape index (κ2) is 6.41. The van der Waals surface area contributed by atoms with Crippen LogP contribution < -0.4 is 5.32 Å². The van der Waals surface area contributed by atoms with Crippen molar-refractivity contribution in [3.63, 3.8) is 0 Å². The van der Waals surface area contributed by atoms with Crippen LogP contribution in [0.5, 0.6) is 0 Å². The van der Waals surface area contributed by atoms with Crippen molar-refractivity contribution in [3.05, 3.63) is 11.6 Å². The van der Waals surface area contributed by atoms with Crippen LogP contribution in [-0.4, -0.2) is 13.6 Å². The van der Waals surface area contributed by atoms with Crippen LogP contribution in [0.25, 0.3) is 0 Å². The van der Waals surface area contributed by atoms with Gasteiger partial charge in [-0.1, -0.05) is 18.6 Å². The maximum Gasteiger partial charge on any atom is -0.00462 e. The topological polar surface area (TPSA) is 12.0 Å². The lowest BCUT2D eigenvalue weighted by atomic mass is 9.94. The maximum atomic E-state index is 3.18. The van der Waals surface area contributed by atoms with Gasteiger partial charge in [-0.25, -0.2) is 0 Å². The van der Waals surface area contributed by atoms with Gasteiger partial charge in [0.2, 0.25) is 0 Å².